The largest absolute Gasteiger partial charge is 0.361 e. The molecule has 0 amide bonds. The van der Waals surface area contributed by atoms with Crippen LogP contribution in [0.5, 0.6) is 0 Å². The third-order valence-electron chi connectivity index (χ3n) is 7.14. The zero-order chi connectivity index (χ0) is 23.9. The van der Waals surface area contributed by atoms with E-state index < -0.39 is 16.9 Å². The van der Waals surface area contributed by atoms with Gasteiger partial charge in [-0.2, -0.15) is 0 Å². The summed E-state index contributed by atoms with van der Waals surface area (Å²) >= 11 is 0. The van der Waals surface area contributed by atoms with Crippen LogP contribution in [0.2, 0.25) is 0 Å². The van der Waals surface area contributed by atoms with Crippen molar-refractivity contribution in [3.8, 4) is 0 Å². The first-order chi connectivity index (χ1) is 13.6. The number of nitrogens with zero attached hydrogens (tertiary/aromatic N) is 1. The third-order valence-corrected chi connectivity index (χ3v) is 7.14. The molecule has 1 unspecified atom stereocenters. The Morgan fingerprint density at radius 1 is 1.03 bits per heavy atom. The first-order valence-electron chi connectivity index (χ1n) is 11.5. The molecule has 0 bridgehead atoms. The lowest BCUT2D eigenvalue weighted by Crippen LogP contribution is -2.62. The van der Waals surface area contributed by atoms with Gasteiger partial charge in [0.25, 0.3) is 0 Å². The Kier molecular flexibility index (Phi) is 11.4. The Morgan fingerprint density at radius 2 is 1.57 bits per heavy atom. The predicted molar refractivity (Wildman–Crippen MR) is 125 cm³/mol. The van der Waals surface area contributed by atoms with E-state index in [0.29, 0.717) is 11.8 Å². The van der Waals surface area contributed by atoms with Crippen LogP contribution >= 0.6 is 0 Å². The Morgan fingerprint density at radius 3 is 2.00 bits per heavy atom. The summed E-state index contributed by atoms with van der Waals surface area (Å²) in [7, 11) is 3.41. The van der Waals surface area contributed by atoms with Crippen LogP contribution < -0.4 is 11.1 Å². The summed E-state index contributed by atoms with van der Waals surface area (Å²) in [6.07, 6.45) is 3.39. The van der Waals surface area contributed by atoms with Gasteiger partial charge in [0.15, 0.2) is 11.6 Å². The summed E-state index contributed by atoms with van der Waals surface area (Å²) < 4.78 is 6.58. The highest BCUT2D eigenvalue weighted by atomic mass is 16.5. The minimum absolute atomic E-state index is 0.0465. The third kappa shape index (κ3) is 7.70. The molecule has 0 aliphatic rings. The van der Waals surface area contributed by atoms with E-state index in [1.54, 1.807) is 25.9 Å². The van der Waals surface area contributed by atoms with Gasteiger partial charge in [-0.1, -0.05) is 47.5 Å². The van der Waals surface area contributed by atoms with Crippen molar-refractivity contribution >= 4 is 11.6 Å². The first-order valence-corrected chi connectivity index (χ1v) is 11.5. The molecule has 0 aromatic carbocycles. The quantitative estimate of drug-likeness (QED) is 0.388. The van der Waals surface area contributed by atoms with Crippen LogP contribution in [-0.2, 0) is 14.3 Å². The Hall–Kier alpha value is -0.820. The van der Waals surface area contributed by atoms with Gasteiger partial charge >= 0.3 is 0 Å². The van der Waals surface area contributed by atoms with Crippen LogP contribution in [0, 0.1) is 17.8 Å². The smallest absolute Gasteiger partial charge is 0.180 e. The van der Waals surface area contributed by atoms with E-state index in [4.69, 9.17) is 10.5 Å². The van der Waals surface area contributed by atoms with Crippen molar-refractivity contribution in [2.45, 2.75) is 98.4 Å². The fraction of sp³-hybridized carbons (Fsp3) is 0.917. The number of likely N-dealkylation sites (N-methyl/N-ethyl adjacent to an activating group) is 2. The van der Waals surface area contributed by atoms with Crippen LogP contribution in [0.4, 0.5) is 0 Å². The molecule has 0 aromatic heterocycles. The Balaban J connectivity index is 5.37. The van der Waals surface area contributed by atoms with Crippen LogP contribution in [0.15, 0.2) is 0 Å². The SMILES string of the molecule is CC[C@H](C)CC[C@H](C)[C@](C)(OC(C)(C)C(=O)CN(C)C(C)(N)C(=O)CNC)C(C)C. The van der Waals surface area contributed by atoms with E-state index in [0.717, 1.165) is 12.8 Å². The van der Waals surface area contributed by atoms with Crippen molar-refractivity contribution < 1.29 is 14.3 Å². The number of carbonyl (C=O) groups excluding carboxylic acids is 2. The molecule has 0 saturated heterocycles. The molecule has 6 heteroatoms. The summed E-state index contributed by atoms with van der Waals surface area (Å²) in [5, 5.41) is 2.83. The van der Waals surface area contributed by atoms with Gasteiger partial charge in [0.2, 0.25) is 0 Å². The molecule has 0 aliphatic heterocycles. The molecule has 4 atom stereocenters. The summed E-state index contributed by atoms with van der Waals surface area (Å²) in [4.78, 5) is 27.1. The highest BCUT2D eigenvalue weighted by molar-refractivity contribution is 5.91. The monoisotopic (exact) mass is 427 g/mol. The fourth-order valence-electron chi connectivity index (χ4n) is 3.54. The first kappa shape index (κ1) is 29.2. The molecule has 0 aliphatic carbocycles. The molecule has 0 rings (SSSR count). The average Bonchev–Trinajstić information content (AvgIpc) is 2.64. The lowest BCUT2D eigenvalue weighted by atomic mass is 9.76. The predicted octanol–water partition coefficient (Wildman–Crippen LogP) is 3.62. The second-order valence-electron chi connectivity index (χ2n) is 10.3. The molecule has 3 N–H and O–H groups in total. The molecule has 0 heterocycles. The molecule has 0 fully saturated rings. The van der Waals surface area contributed by atoms with Gasteiger partial charge in [0, 0.05) is 0 Å². The number of nitrogens with two attached hydrogens (primary N) is 1. The van der Waals surface area contributed by atoms with E-state index in [-0.39, 0.29) is 30.6 Å². The fourth-order valence-corrected chi connectivity index (χ4v) is 3.54. The maximum atomic E-state index is 13.2. The van der Waals surface area contributed by atoms with Crippen LogP contribution in [0.25, 0.3) is 0 Å². The maximum absolute atomic E-state index is 13.2. The van der Waals surface area contributed by atoms with E-state index in [1.807, 2.05) is 13.8 Å². The van der Waals surface area contributed by atoms with E-state index in [2.05, 4.69) is 46.9 Å². The molecule has 0 spiro atoms. The van der Waals surface area contributed by atoms with Gasteiger partial charge in [0.1, 0.15) is 11.3 Å². The summed E-state index contributed by atoms with van der Waals surface area (Å²) in [6.45, 7) is 18.7. The minimum Gasteiger partial charge on any atom is -0.361 e. The Bertz CT molecular complexity index is 560. The number of ketones is 2. The van der Waals surface area contributed by atoms with Crippen LogP contribution in [0.3, 0.4) is 0 Å². The van der Waals surface area contributed by atoms with Crippen LogP contribution in [-0.4, -0.2) is 60.5 Å². The van der Waals surface area contributed by atoms with Crippen molar-refractivity contribution in [3.05, 3.63) is 0 Å². The maximum Gasteiger partial charge on any atom is 0.180 e. The zero-order valence-corrected chi connectivity index (χ0v) is 21.5. The molecule has 0 aromatic rings. The number of hydrogen-bond donors (Lipinski definition) is 2. The van der Waals surface area contributed by atoms with Gasteiger partial charge in [0.05, 0.1) is 18.7 Å². The number of rotatable bonds is 15. The second-order valence-corrected chi connectivity index (χ2v) is 10.3. The topological polar surface area (TPSA) is 84.7 Å². The normalized spacial score (nSPS) is 18.7. The highest BCUT2D eigenvalue weighted by Gasteiger charge is 2.44. The molecule has 6 nitrogen and oxygen atoms in total. The molecular formula is C24H49N3O3. The number of Topliss-reactive ketones (excluding diaryl/α,β-unsaturated/α-hetero) is 2. The van der Waals surface area contributed by atoms with E-state index in [9.17, 15) is 9.59 Å². The van der Waals surface area contributed by atoms with E-state index in [1.165, 1.54) is 6.42 Å². The van der Waals surface area contributed by atoms with Crippen molar-refractivity contribution in [2.24, 2.45) is 23.5 Å². The van der Waals surface area contributed by atoms with Gasteiger partial charge in [-0.25, -0.2) is 0 Å². The summed E-state index contributed by atoms with van der Waals surface area (Å²) in [5.74, 6) is 1.01. The lowest BCUT2D eigenvalue weighted by Gasteiger charge is -2.45. The number of ether oxygens (including phenoxy) is 1. The van der Waals surface area contributed by atoms with Crippen molar-refractivity contribution in [3.63, 3.8) is 0 Å². The average molecular weight is 428 g/mol. The van der Waals surface area contributed by atoms with Gasteiger partial charge in [-0.15, -0.1) is 0 Å². The number of nitrogens with one attached hydrogen (secondary N) is 1. The van der Waals surface area contributed by atoms with Gasteiger partial charge in [-0.05, 0) is 66.0 Å². The highest BCUT2D eigenvalue weighted by Crippen LogP contribution is 2.38. The number of carbonyl (C=O) groups is 2. The number of hydrogen-bond acceptors (Lipinski definition) is 6. The second kappa shape index (κ2) is 11.7. The van der Waals surface area contributed by atoms with Gasteiger partial charge < -0.3 is 15.8 Å². The molecule has 0 saturated carbocycles. The summed E-state index contributed by atoms with van der Waals surface area (Å²) in [5.41, 5.74) is 3.59. The summed E-state index contributed by atoms with van der Waals surface area (Å²) in [6, 6.07) is 0. The molecule has 178 valence electrons. The van der Waals surface area contributed by atoms with Crippen molar-refractivity contribution in [1.82, 2.24) is 10.2 Å². The van der Waals surface area contributed by atoms with Crippen molar-refractivity contribution in [2.75, 3.05) is 27.2 Å². The van der Waals surface area contributed by atoms with Crippen LogP contribution in [0.1, 0.15) is 81.6 Å². The lowest BCUT2D eigenvalue weighted by molar-refractivity contribution is -0.189. The zero-order valence-electron chi connectivity index (χ0n) is 21.5. The van der Waals surface area contributed by atoms with Crippen molar-refractivity contribution in [1.29, 1.82) is 0 Å². The Labute approximate surface area is 185 Å². The molecule has 30 heavy (non-hydrogen) atoms. The molecule has 0 radical (unpaired) electrons. The molecular weight excluding hydrogens is 378 g/mol. The minimum atomic E-state index is -1.22. The van der Waals surface area contributed by atoms with Gasteiger partial charge in [-0.3, -0.25) is 14.5 Å². The standard InChI is InChI=1S/C24H49N3O3/c1-12-18(4)13-14-19(5)23(8,17(2)3)30-22(6,7)21(29)16-27(11)24(9,25)20(28)15-26-10/h17-19,26H,12-16,25H2,1-11H3/t18-,19-,23+,24?/m0/s1. The van der Waals surface area contributed by atoms with E-state index >= 15 is 0 Å².